The van der Waals surface area contributed by atoms with E-state index in [4.69, 9.17) is 21.1 Å². The van der Waals surface area contributed by atoms with Gasteiger partial charge in [-0.1, -0.05) is 23.7 Å². The molecule has 1 amide bonds. The molecule has 0 radical (unpaired) electrons. The van der Waals surface area contributed by atoms with Crippen molar-refractivity contribution in [3.63, 3.8) is 0 Å². The molecule has 0 aromatic heterocycles. The fourth-order valence-electron chi connectivity index (χ4n) is 2.29. The van der Waals surface area contributed by atoms with Crippen molar-refractivity contribution in [3.05, 3.63) is 53.1 Å². The number of halogens is 1. The summed E-state index contributed by atoms with van der Waals surface area (Å²) < 4.78 is 37.3. The van der Waals surface area contributed by atoms with Gasteiger partial charge in [-0.15, -0.1) is 0 Å². The molecule has 0 aliphatic carbocycles. The molecule has 0 saturated heterocycles. The molecule has 2 aromatic rings. The number of hydrogen-bond acceptors (Lipinski definition) is 5. The molecule has 146 valence electrons. The number of benzene rings is 2. The van der Waals surface area contributed by atoms with Gasteiger partial charge in [-0.25, -0.2) is 13.1 Å². The molecule has 2 rings (SSSR count). The molecule has 0 heterocycles. The molecule has 0 aliphatic heterocycles. The van der Waals surface area contributed by atoms with Crippen LogP contribution in [0.25, 0.3) is 0 Å². The van der Waals surface area contributed by atoms with E-state index in [0.717, 1.165) is 5.56 Å². The zero-order valence-electron chi connectivity index (χ0n) is 15.0. The van der Waals surface area contributed by atoms with E-state index in [1.165, 1.54) is 26.4 Å². The predicted octanol–water partition coefficient (Wildman–Crippen LogP) is 1.99. The topological polar surface area (TPSA) is 93.7 Å². The second-order valence-electron chi connectivity index (χ2n) is 5.57. The van der Waals surface area contributed by atoms with Crippen LogP contribution >= 0.6 is 11.6 Å². The van der Waals surface area contributed by atoms with Crippen LogP contribution in [0.1, 0.15) is 5.56 Å². The van der Waals surface area contributed by atoms with E-state index in [1.807, 2.05) is 12.1 Å². The van der Waals surface area contributed by atoms with E-state index in [2.05, 4.69) is 10.0 Å². The molecule has 0 fully saturated rings. The number of amides is 1. The summed E-state index contributed by atoms with van der Waals surface area (Å²) in [5.41, 5.74) is 1.02. The van der Waals surface area contributed by atoms with Crippen LogP contribution in [0.15, 0.2) is 47.4 Å². The van der Waals surface area contributed by atoms with Crippen LogP contribution in [0.4, 0.5) is 0 Å². The first-order valence-corrected chi connectivity index (χ1v) is 9.94. The Morgan fingerprint density at radius 1 is 1.07 bits per heavy atom. The highest BCUT2D eigenvalue weighted by molar-refractivity contribution is 7.89. The number of ether oxygens (including phenoxy) is 2. The molecule has 2 N–H and O–H groups in total. The molecule has 0 atom stereocenters. The molecule has 7 nitrogen and oxygen atoms in total. The lowest BCUT2D eigenvalue weighted by atomic mass is 10.1. The molecule has 27 heavy (non-hydrogen) atoms. The summed E-state index contributed by atoms with van der Waals surface area (Å²) in [5.74, 6) is 0.0874. The minimum absolute atomic E-state index is 0.0988. The lowest BCUT2D eigenvalue weighted by Gasteiger charge is -2.12. The van der Waals surface area contributed by atoms with Crippen LogP contribution in [0, 0.1) is 0 Å². The second kappa shape index (κ2) is 9.59. The van der Waals surface area contributed by atoms with Crippen LogP contribution in [-0.2, 0) is 21.2 Å². The van der Waals surface area contributed by atoms with Gasteiger partial charge in [-0.2, -0.15) is 0 Å². The van der Waals surface area contributed by atoms with E-state index in [1.54, 1.807) is 18.2 Å². The third-order valence-corrected chi connectivity index (χ3v) is 5.41. The Labute approximate surface area is 163 Å². The first-order chi connectivity index (χ1) is 12.9. The van der Waals surface area contributed by atoms with Crippen molar-refractivity contribution in [2.45, 2.75) is 11.3 Å². The summed E-state index contributed by atoms with van der Waals surface area (Å²) in [6, 6.07) is 11.7. The average Bonchev–Trinajstić information content (AvgIpc) is 2.67. The summed E-state index contributed by atoms with van der Waals surface area (Å²) in [4.78, 5) is 11.8. The Hall–Kier alpha value is -2.29. The molecule has 0 aliphatic rings. The zero-order chi connectivity index (χ0) is 19.9. The summed E-state index contributed by atoms with van der Waals surface area (Å²) >= 11 is 5.82. The molecule has 0 spiro atoms. The van der Waals surface area contributed by atoms with Gasteiger partial charge in [-0.3, -0.25) is 4.79 Å². The monoisotopic (exact) mass is 412 g/mol. The Morgan fingerprint density at radius 3 is 2.41 bits per heavy atom. The fraction of sp³-hybridized carbons (Fsp3) is 0.278. The number of carbonyl (C=O) groups excluding carboxylic acids is 1. The predicted molar refractivity (Wildman–Crippen MR) is 103 cm³/mol. The highest BCUT2D eigenvalue weighted by Crippen LogP contribution is 2.27. The molecule has 2 aromatic carbocycles. The minimum Gasteiger partial charge on any atom is -0.497 e. The van der Waals surface area contributed by atoms with Gasteiger partial charge in [0, 0.05) is 17.6 Å². The molecular weight excluding hydrogens is 392 g/mol. The SMILES string of the molecule is COc1ccc(OC)c(S(=O)(=O)NCC(=O)NCCc2ccc(Cl)cc2)c1. The summed E-state index contributed by atoms with van der Waals surface area (Å²) in [5, 5.41) is 3.31. The number of methoxy groups -OCH3 is 2. The molecule has 0 saturated carbocycles. The van der Waals surface area contributed by atoms with Crippen LogP contribution in [0.2, 0.25) is 5.02 Å². The molecule has 0 unspecified atom stereocenters. The van der Waals surface area contributed by atoms with E-state index in [9.17, 15) is 13.2 Å². The van der Waals surface area contributed by atoms with Gasteiger partial charge in [0.05, 0.1) is 20.8 Å². The Morgan fingerprint density at radius 2 is 1.78 bits per heavy atom. The maximum atomic E-state index is 12.5. The number of rotatable bonds is 9. The third kappa shape index (κ3) is 6.13. The quantitative estimate of drug-likeness (QED) is 0.657. The van der Waals surface area contributed by atoms with Gasteiger partial charge in [0.1, 0.15) is 16.4 Å². The van der Waals surface area contributed by atoms with Gasteiger partial charge in [0.15, 0.2) is 0 Å². The molecule has 0 bridgehead atoms. The van der Waals surface area contributed by atoms with Gasteiger partial charge >= 0.3 is 0 Å². The maximum absolute atomic E-state index is 12.5. The summed E-state index contributed by atoms with van der Waals surface area (Å²) in [7, 11) is -1.15. The summed E-state index contributed by atoms with van der Waals surface area (Å²) in [6.07, 6.45) is 0.610. The highest BCUT2D eigenvalue weighted by atomic mass is 35.5. The van der Waals surface area contributed by atoms with Crippen molar-refractivity contribution >= 4 is 27.5 Å². The largest absolute Gasteiger partial charge is 0.497 e. The van der Waals surface area contributed by atoms with Crippen molar-refractivity contribution < 1.29 is 22.7 Å². The lowest BCUT2D eigenvalue weighted by Crippen LogP contribution is -2.37. The fourth-order valence-corrected chi connectivity index (χ4v) is 3.58. The van der Waals surface area contributed by atoms with Crippen molar-refractivity contribution in [3.8, 4) is 11.5 Å². The number of carbonyl (C=O) groups is 1. The van der Waals surface area contributed by atoms with Gasteiger partial charge in [-0.05, 0) is 36.2 Å². The first kappa shape index (κ1) is 21.0. The van der Waals surface area contributed by atoms with Crippen LogP contribution in [-0.4, -0.2) is 41.6 Å². The van der Waals surface area contributed by atoms with Crippen molar-refractivity contribution in [2.24, 2.45) is 0 Å². The number of nitrogens with one attached hydrogen (secondary N) is 2. The average molecular weight is 413 g/mol. The second-order valence-corrected chi connectivity index (χ2v) is 7.74. The maximum Gasteiger partial charge on any atom is 0.244 e. The van der Waals surface area contributed by atoms with E-state index < -0.39 is 15.9 Å². The minimum atomic E-state index is -3.94. The Bertz CT molecular complexity index is 885. The molecule has 9 heteroatoms. The highest BCUT2D eigenvalue weighted by Gasteiger charge is 2.21. The molecular formula is C18H21ClN2O5S. The standard InChI is InChI=1S/C18H21ClN2O5S/c1-25-15-7-8-16(26-2)17(11-15)27(23,24)21-12-18(22)20-10-9-13-3-5-14(19)6-4-13/h3-8,11,21H,9-10,12H2,1-2H3,(H,20,22). The lowest BCUT2D eigenvalue weighted by molar-refractivity contribution is -0.119. The van der Waals surface area contributed by atoms with E-state index in [-0.39, 0.29) is 17.2 Å². The van der Waals surface area contributed by atoms with Crippen molar-refractivity contribution in [1.29, 1.82) is 0 Å². The smallest absolute Gasteiger partial charge is 0.244 e. The van der Waals surface area contributed by atoms with Crippen LogP contribution in [0.5, 0.6) is 11.5 Å². The normalized spacial score (nSPS) is 11.1. The van der Waals surface area contributed by atoms with Gasteiger partial charge in [0.2, 0.25) is 15.9 Å². The number of sulfonamides is 1. The van der Waals surface area contributed by atoms with Crippen molar-refractivity contribution in [1.82, 2.24) is 10.0 Å². The third-order valence-electron chi connectivity index (χ3n) is 3.73. The first-order valence-electron chi connectivity index (χ1n) is 8.08. The van der Waals surface area contributed by atoms with Gasteiger partial charge in [0.25, 0.3) is 0 Å². The number of hydrogen-bond donors (Lipinski definition) is 2. The zero-order valence-corrected chi connectivity index (χ0v) is 16.6. The van der Waals surface area contributed by atoms with Gasteiger partial charge < -0.3 is 14.8 Å². The Kier molecular flexibility index (Phi) is 7.46. The Balaban J connectivity index is 1.90. The van der Waals surface area contributed by atoms with Crippen LogP contribution in [0.3, 0.4) is 0 Å². The van der Waals surface area contributed by atoms with E-state index >= 15 is 0 Å². The summed E-state index contributed by atoms with van der Waals surface area (Å²) in [6.45, 7) is -0.00596. The van der Waals surface area contributed by atoms with Crippen molar-refractivity contribution in [2.75, 3.05) is 27.3 Å². The van der Waals surface area contributed by atoms with E-state index in [0.29, 0.717) is 23.7 Å². The van der Waals surface area contributed by atoms with Crippen LogP contribution < -0.4 is 19.5 Å².